The summed E-state index contributed by atoms with van der Waals surface area (Å²) in [6.45, 7) is 6.43. The van der Waals surface area contributed by atoms with Gasteiger partial charge in [-0.05, 0) is 38.2 Å². The molecular formula is C21H31N3O. The zero-order valence-corrected chi connectivity index (χ0v) is 15.4. The fraction of sp³-hybridized carbons (Fsp3) is 0.571. The minimum atomic E-state index is 0.243. The molecule has 0 atom stereocenters. The molecule has 1 fully saturated rings. The Labute approximate surface area is 151 Å². The van der Waals surface area contributed by atoms with Crippen LogP contribution in [0.5, 0.6) is 0 Å². The summed E-state index contributed by atoms with van der Waals surface area (Å²) in [5.74, 6) is 0.942. The van der Waals surface area contributed by atoms with Gasteiger partial charge in [0.05, 0.1) is 19.8 Å². The van der Waals surface area contributed by atoms with Gasteiger partial charge in [0, 0.05) is 18.5 Å². The first-order valence-electron chi connectivity index (χ1n) is 9.66. The van der Waals surface area contributed by atoms with E-state index in [2.05, 4.69) is 54.0 Å². The van der Waals surface area contributed by atoms with Crippen LogP contribution in [0, 0.1) is 0 Å². The van der Waals surface area contributed by atoms with E-state index in [0.717, 1.165) is 51.6 Å². The second-order valence-corrected chi connectivity index (χ2v) is 7.06. The van der Waals surface area contributed by atoms with Crippen LogP contribution in [0.2, 0.25) is 0 Å². The molecule has 0 radical (unpaired) electrons. The molecule has 2 N–H and O–H groups in total. The first kappa shape index (κ1) is 18.0. The molecule has 0 amide bonds. The fourth-order valence-electron chi connectivity index (χ4n) is 3.64. The summed E-state index contributed by atoms with van der Waals surface area (Å²) in [6.07, 6.45) is 8.14. The maximum Gasteiger partial charge on any atom is 0.191 e. The average molecular weight is 341 g/mol. The highest BCUT2D eigenvalue weighted by atomic mass is 16.5. The van der Waals surface area contributed by atoms with Crippen LogP contribution in [0.4, 0.5) is 0 Å². The van der Waals surface area contributed by atoms with Crippen LogP contribution in [0.25, 0.3) is 0 Å². The molecule has 2 aliphatic rings. The van der Waals surface area contributed by atoms with E-state index < -0.39 is 0 Å². The lowest BCUT2D eigenvalue weighted by atomic mass is 9.64. The molecule has 0 saturated heterocycles. The van der Waals surface area contributed by atoms with Crippen LogP contribution in [-0.2, 0) is 10.2 Å². The van der Waals surface area contributed by atoms with Crippen molar-refractivity contribution in [1.82, 2.24) is 10.6 Å². The van der Waals surface area contributed by atoms with Crippen molar-refractivity contribution in [1.29, 1.82) is 0 Å². The van der Waals surface area contributed by atoms with Gasteiger partial charge in [-0.25, -0.2) is 0 Å². The molecule has 136 valence electrons. The quantitative estimate of drug-likeness (QED) is 0.454. The Hall–Kier alpha value is -1.81. The summed E-state index contributed by atoms with van der Waals surface area (Å²) < 4.78 is 5.37. The highest BCUT2D eigenvalue weighted by Crippen LogP contribution is 2.43. The SMILES string of the molecule is CCNC(=NCC1(c2ccccc2)CCC1)NCCC1=CCOCC1. The van der Waals surface area contributed by atoms with Gasteiger partial charge in [-0.1, -0.05) is 48.4 Å². The first-order chi connectivity index (χ1) is 12.3. The molecule has 1 aromatic rings. The predicted octanol–water partition coefficient (Wildman–Crippen LogP) is 3.40. The van der Waals surface area contributed by atoms with E-state index in [1.54, 1.807) is 0 Å². The third-order valence-electron chi connectivity index (χ3n) is 5.38. The zero-order valence-electron chi connectivity index (χ0n) is 15.4. The highest BCUT2D eigenvalue weighted by Gasteiger charge is 2.38. The second-order valence-electron chi connectivity index (χ2n) is 7.06. The van der Waals surface area contributed by atoms with Gasteiger partial charge in [-0.15, -0.1) is 0 Å². The number of ether oxygens (including phenoxy) is 1. The first-order valence-corrected chi connectivity index (χ1v) is 9.66. The third kappa shape index (κ3) is 4.85. The fourth-order valence-corrected chi connectivity index (χ4v) is 3.64. The van der Waals surface area contributed by atoms with E-state index in [-0.39, 0.29) is 5.41 Å². The maximum absolute atomic E-state index is 5.37. The summed E-state index contributed by atoms with van der Waals surface area (Å²) in [5.41, 5.74) is 3.18. The molecule has 1 heterocycles. The summed E-state index contributed by atoms with van der Waals surface area (Å²) >= 11 is 0. The lowest BCUT2D eigenvalue weighted by molar-refractivity contribution is 0.153. The van der Waals surface area contributed by atoms with E-state index in [1.165, 1.54) is 30.4 Å². The monoisotopic (exact) mass is 341 g/mol. The topological polar surface area (TPSA) is 45.7 Å². The molecular weight excluding hydrogens is 310 g/mol. The van der Waals surface area contributed by atoms with Gasteiger partial charge >= 0.3 is 0 Å². The largest absolute Gasteiger partial charge is 0.377 e. The van der Waals surface area contributed by atoms with Crippen molar-refractivity contribution in [3.8, 4) is 0 Å². The molecule has 4 nitrogen and oxygen atoms in total. The van der Waals surface area contributed by atoms with E-state index >= 15 is 0 Å². The lowest BCUT2D eigenvalue weighted by Crippen LogP contribution is -2.42. The normalized spacial score (nSPS) is 19.7. The number of guanidine groups is 1. The van der Waals surface area contributed by atoms with Crippen molar-refractivity contribution in [2.45, 2.75) is 44.4 Å². The van der Waals surface area contributed by atoms with E-state index in [4.69, 9.17) is 9.73 Å². The molecule has 4 heteroatoms. The van der Waals surface area contributed by atoms with Crippen LogP contribution in [0.1, 0.15) is 44.6 Å². The Morgan fingerprint density at radius 3 is 2.68 bits per heavy atom. The van der Waals surface area contributed by atoms with Crippen molar-refractivity contribution in [3.05, 3.63) is 47.5 Å². The minimum absolute atomic E-state index is 0.243. The van der Waals surface area contributed by atoms with Gasteiger partial charge in [-0.3, -0.25) is 4.99 Å². The van der Waals surface area contributed by atoms with Gasteiger partial charge in [-0.2, -0.15) is 0 Å². The van der Waals surface area contributed by atoms with Gasteiger partial charge in [0.25, 0.3) is 0 Å². The minimum Gasteiger partial charge on any atom is -0.377 e. The maximum atomic E-state index is 5.37. The number of benzene rings is 1. The molecule has 3 rings (SSSR count). The number of aliphatic imine (C=N–C) groups is 1. The number of hydrogen-bond donors (Lipinski definition) is 2. The predicted molar refractivity (Wildman–Crippen MR) is 104 cm³/mol. The number of rotatable bonds is 7. The molecule has 1 saturated carbocycles. The zero-order chi connectivity index (χ0) is 17.4. The Balaban J connectivity index is 1.56. The summed E-state index contributed by atoms with van der Waals surface area (Å²) in [7, 11) is 0. The Bertz CT molecular complexity index is 590. The second kappa shape index (κ2) is 9.04. The Morgan fingerprint density at radius 1 is 1.20 bits per heavy atom. The molecule has 1 aliphatic heterocycles. The smallest absolute Gasteiger partial charge is 0.191 e. The van der Waals surface area contributed by atoms with Crippen LogP contribution in [0.3, 0.4) is 0 Å². The third-order valence-corrected chi connectivity index (χ3v) is 5.38. The average Bonchev–Trinajstić information content (AvgIpc) is 2.62. The van der Waals surface area contributed by atoms with Crippen molar-refractivity contribution in [3.63, 3.8) is 0 Å². The molecule has 0 bridgehead atoms. The molecule has 1 aromatic carbocycles. The molecule has 0 unspecified atom stereocenters. The molecule has 0 aromatic heterocycles. The lowest BCUT2D eigenvalue weighted by Gasteiger charge is -2.41. The van der Waals surface area contributed by atoms with Gasteiger partial charge < -0.3 is 15.4 Å². The van der Waals surface area contributed by atoms with Gasteiger partial charge in [0.1, 0.15) is 0 Å². The van der Waals surface area contributed by atoms with Crippen molar-refractivity contribution < 1.29 is 4.74 Å². The summed E-state index contributed by atoms with van der Waals surface area (Å²) in [5, 5.41) is 6.88. The van der Waals surface area contributed by atoms with E-state index in [0.29, 0.717) is 0 Å². The van der Waals surface area contributed by atoms with Crippen molar-refractivity contribution >= 4 is 5.96 Å². The van der Waals surface area contributed by atoms with E-state index in [1.807, 2.05) is 0 Å². The molecule has 0 spiro atoms. The Morgan fingerprint density at radius 2 is 2.04 bits per heavy atom. The summed E-state index contributed by atoms with van der Waals surface area (Å²) in [6, 6.07) is 10.9. The highest BCUT2D eigenvalue weighted by molar-refractivity contribution is 5.79. The van der Waals surface area contributed by atoms with Crippen LogP contribution in [-0.4, -0.2) is 38.8 Å². The van der Waals surface area contributed by atoms with Crippen molar-refractivity contribution in [2.75, 3.05) is 32.8 Å². The van der Waals surface area contributed by atoms with E-state index in [9.17, 15) is 0 Å². The van der Waals surface area contributed by atoms with Crippen LogP contribution in [0.15, 0.2) is 47.0 Å². The van der Waals surface area contributed by atoms with Crippen molar-refractivity contribution in [2.24, 2.45) is 4.99 Å². The number of nitrogens with one attached hydrogen (secondary N) is 2. The molecule has 25 heavy (non-hydrogen) atoms. The Kier molecular flexibility index (Phi) is 6.51. The standard InChI is InChI=1S/C21H31N3O/c1-2-22-20(23-14-9-18-10-15-25-16-11-18)24-17-21(12-6-13-21)19-7-4-3-5-8-19/h3-5,7-8,10H,2,6,9,11-17H2,1H3,(H2,22,23,24). The van der Waals surface area contributed by atoms with Crippen LogP contribution >= 0.6 is 0 Å². The molecule has 1 aliphatic carbocycles. The van der Waals surface area contributed by atoms with Gasteiger partial charge in [0.2, 0.25) is 0 Å². The number of hydrogen-bond acceptors (Lipinski definition) is 2. The summed E-state index contributed by atoms with van der Waals surface area (Å²) in [4.78, 5) is 4.92. The number of nitrogens with zero attached hydrogens (tertiary/aromatic N) is 1. The van der Waals surface area contributed by atoms with Gasteiger partial charge in [0.15, 0.2) is 5.96 Å². The van der Waals surface area contributed by atoms with Crippen LogP contribution < -0.4 is 10.6 Å².